The third kappa shape index (κ3) is 5.88. The molecule has 0 saturated carbocycles. The fourth-order valence-corrected chi connectivity index (χ4v) is 4.18. The van der Waals surface area contributed by atoms with Crippen molar-refractivity contribution in [1.82, 2.24) is 10.0 Å². The molecule has 0 spiro atoms. The number of hydrogen-bond donors (Lipinski definition) is 2. The first-order valence-corrected chi connectivity index (χ1v) is 9.20. The van der Waals surface area contributed by atoms with Crippen LogP contribution in [0.15, 0.2) is 16.3 Å². The highest BCUT2D eigenvalue weighted by Gasteiger charge is 2.17. The van der Waals surface area contributed by atoms with Gasteiger partial charge in [-0.25, -0.2) is 13.1 Å². The number of hydrogen-bond acceptors (Lipinski definition) is 5. The number of thiophene rings is 1. The summed E-state index contributed by atoms with van der Waals surface area (Å²) in [5.41, 5.74) is 0. The van der Waals surface area contributed by atoms with E-state index in [0.717, 1.165) is 24.4 Å². The molecule has 1 atom stereocenters. The van der Waals surface area contributed by atoms with Gasteiger partial charge < -0.3 is 10.1 Å². The van der Waals surface area contributed by atoms with E-state index >= 15 is 0 Å². The summed E-state index contributed by atoms with van der Waals surface area (Å²) in [6.45, 7) is 8.45. The molecule has 0 aliphatic heterocycles. The lowest BCUT2D eigenvalue weighted by Crippen LogP contribution is -2.31. The fraction of sp³-hybridized carbons (Fsp3) is 0.692. The van der Waals surface area contributed by atoms with Gasteiger partial charge in [0.15, 0.2) is 0 Å². The molecule has 0 saturated heterocycles. The van der Waals surface area contributed by atoms with Crippen LogP contribution in [0.1, 0.15) is 25.6 Å². The van der Waals surface area contributed by atoms with Crippen LogP contribution < -0.4 is 10.0 Å². The van der Waals surface area contributed by atoms with Gasteiger partial charge in [0.2, 0.25) is 10.0 Å². The molecule has 1 aromatic rings. The Hall–Kier alpha value is -0.470. The molecule has 20 heavy (non-hydrogen) atoms. The quantitative estimate of drug-likeness (QED) is 0.643. The molecule has 1 aromatic heterocycles. The molecule has 1 unspecified atom stereocenters. The van der Waals surface area contributed by atoms with E-state index in [0.29, 0.717) is 17.4 Å². The van der Waals surface area contributed by atoms with E-state index in [9.17, 15) is 8.42 Å². The Kier molecular flexibility index (Phi) is 7.68. The van der Waals surface area contributed by atoms with Gasteiger partial charge in [-0.3, -0.25) is 0 Å². The number of likely N-dealkylation sites (N-methyl/N-ethyl adjacent to an activating group) is 1. The molecule has 0 fully saturated rings. The molecule has 1 heterocycles. The van der Waals surface area contributed by atoms with Gasteiger partial charge in [0.25, 0.3) is 0 Å². The Morgan fingerprint density at radius 3 is 2.75 bits per heavy atom. The smallest absolute Gasteiger partial charge is 0.250 e. The summed E-state index contributed by atoms with van der Waals surface area (Å²) in [6.07, 6.45) is 0.728. The van der Waals surface area contributed by atoms with Gasteiger partial charge >= 0.3 is 0 Å². The van der Waals surface area contributed by atoms with Crippen LogP contribution in [-0.4, -0.2) is 40.8 Å². The summed E-state index contributed by atoms with van der Waals surface area (Å²) in [6, 6.07) is 3.54. The molecule has 0 bridgehead atoms. The molecule has 0 aliphatic rings. The summed E-state index contributed by atoms with van der Waals surface area (Å²) in [5.74, 6) is 0. The normalized spacial score (nSPS) is 13.6. The molecule has 0 aromatic carbocycles. The van der Waals surface area contributed by atoms with E-state index in [1.165, 1.54) is 11.3 Å². The SMILES string of the molecule is CCNCCc1ccc(S(=O)(=O)NCC(C)OCC)s1. The first-order chi connectivity index (χ1) is 9.49. The van der Waals surface area contributed by atoms with Gasteiger partial charge in [-0.2, -0.15) is 0 Å². The maximum atomic E-state index is 12.1. The largest absolute Gasteiger partial charge is 0.377 e. The van der Waals surface area contributed by atoms with Crippen LogP contribution in [0.2, 0.25) is 0 Å². The summed E-state index contributed by atoms with van der Waals surface area (Å²) in [5, 5.41) is 3.22. The minimum atomic E-state index is -3.42. The number of sulfonamides is 1. The second kappa shape index (κ2) is 8.74. The Balaban J connectivity index is 2.54. The van der Waals surface area contributed by atoms with E-state index in [2.05, 4.69) is 10.0 Å². The molecule has 5 nitrogen and oxygen atoms in total. The lowest BCUT2D eigenvalue weighted by atomic mass is 10.3. The molecular weight excluding hydrogens is 296 g/mol. The highest BCUT2D eigenvalue weighted by Crippen LogP contribution is 2.21. The van der Waals surface area contributed by atoms with E-state index in [1.807, 2.05) is 26.8 Å². The summed E-state index contributed by atoms with van der Waals surface area (Å²) in [7, 11) is -3.42. The third-order valence-corrected chi connectivity index (χ3v) is 5.77. The van der Waals surface area contributed by atoms with Crippen molar-refractivity contribution in [3.05, 3.63) is 17.0 Å². The van der Waals surface area contributed by atoms with Gasteiger partial charge in [0.05, 0.1) is 6.10 Å². The molecule has 0 radical (unpaired) electrons. The van der Waals surface area contributed by atoms with Crippen LogP contribution in [0.4, 0.5) is 0 Å². The Morgan fingerprint density at radius 1 is 1.35 bits per heavy atom. The van der Waals surface area contributed by atoms with Gasteiger partial charge in [0, 0.05) is 18.0 Å². The van der Waals surface area contributed by atoms with Crippen LogP contribution in [0.25, 0.3) is 0 Å². The molecule has 1 rings (SSSR count). The van der Waals surface area contributed by atoms with Gasteiger partial charge in [0.1, 0.15) is 4.21 Å². The summed E-state index contributed by atoms with van der Waals surface area (Å²) >= 11 is 1.32. The van der Waals surface area contributed by atoms with Crippen molar-refractivity contribution >= 4 is 21.4 Å². The minimum Gasteiger partial charge on any atom is -0.377 e. The van der Waals surface area contributed by atoms with Crippen molar-refractivity contribution in [2.45, 2.75) is 37.5 Å². The molecular formula is C13H24N2O3S2. The number of rotatable bonds is 10. The predicted molar refractivity (Wildman–Crippen MR) is 82.8 cm³/mol. The Bertz CT molecular complexity index is 486. The van der Waals surface area contributed by atoms with Crippen LogP contribution in [0.5, 0.6) is 0 Å². The lowest BCUT2D eigenvalue weighted by Gasteiger charge is -2.12. The number of ether oxygens (including phenoxy) is 1. The monoisotopic (exact) mass is 320 g/mol. The summed E-state index contributed by atoms with van der Waals surface area (Å²) < 4.78 is 32.5. The molecule has 2 N–H and O–H groups in total. The topological polar surface area (TPSA) is 67.4 Å². The Labute approximate surface area is 125 Å². The Morgan fingerprint density at radius 2 is 2.10 bits per heavy atom. The zero-order valence-electron chi connectivity index (χ0n) is 12.3. The second-order valence-electron chi connectivity index (χ2n) is 4.44. The van der Waals surface area contributed by atoms with Gasteiger partial charge in [-0.05, 0) is 45.5 Å². The van der Waals surface area contributed by atoms with Gasteiger partial charge in [-0.1, -0.05) is 6.92 Å². The van der Waals surface area contributed by atoms with Crippen molar-refractivity contribution in [3.8, 4) is 0 Å². The number of nitrogens with one attached hydrogen (secondary N) is 2. The fourth-order valence-electron chi connectivity index (χ4n) is 1.67. The maximum Gasteiger partial charge on any atom is 0.250 e. The van der Waals surface area contributed by atoms with E-state index in [-0.39, 0.29) is 6.10 Å². The predicted octanol–water partition coefficient (Wildman–Crippen LogP) is 1.60. The van der Waals surface area contributed by atoms with Crippen molar-refractivity contribution in [2.24, 2.45) is 0 Å². The summed E-state index contributed by atoms with van der Waals surface area (Å²) in [4.78, 5) is 1.07. The van der Waals surface area contributed by atoms with E-state index in [1.54, 1.807) is 6.07 Å². The maximum absolute atomic E-state index is 12.1. The average Bonchev–Trinajstić information content (AvgIpc) is 2.87. The molecule has 7 heteroatoms. The standard InChI is InChI=1S/C13H24N2O3S2/c1-4-14-9-8-12-6-7-13(19-12)20(16,17)15-10-11(3)18-5-2/h6-7,11,14-15H,4-5,8-10H2,1-3H3. The third-order valence-electron chi connectivity index (χ3n) is 2.71. The molecule has 116 valence electrons. The van der Waals surface area contributed by atoms with Crippen molar-refractivity contribution in [2.75, 3.05) is 26.2 Å². The first-order valence-electron chi connectivity index (χ1n) is 6.90. The molecule has 0 amide bonds. The van der Waals surface area contributed by atoms with Gasteiger partial charge in [-0.15, -0.1) is 11.3 Å². The zero-order chi connectivity index (χ0) is 15.0. The lowest BCUT2D eigenvalue weighted by molar-refractivity contribution is 0.0800. The highest BCUT2D eigenvalue weighted by atomic mass is 32.2. The van der Waals surface area contributed by atoms with Crippen molar-refractivity contribution in [1.29, 1.82) is 0 Å². The van der Waals surface area contributed by atoms with E-state index < -0.39 is 10.0 Å². The van der Waals surface area contributed by atoms with Crippen molar-refractivity contribution in [3.63, 3.8) is 0 Å². The van der Waals surface area contributed by atoms with E-state index in [4.69, 9.17) is 4.74 Å². The average molecular weight is 320 g/mol. The zero-order valence-corrected chi connectivity index (χ0v) is 13.9. The minimum absolute atomic E-state index is 0.122. The van der Waals surface area contributed by atoms with Crippen LogP contribution in [0, 0.1) is 0 Å². The first kappa shape index (κ1) is 17.6. The van der Waals surface area contributed by atoms with Crippen LogP contribution >= 0.6 is 11.3 Å². The van der Waals surface area contributed by atoms with Crippen molar-refractivity contribution < 1.29 is 13.2 Å². The highest BCUT2D eigenvalue weighted by molar-refractivity contribution is 7.91. The second-order valence-corrected chi connectivity index (χ2v) is 7.60. The van der Waals surface area contributed by atoms with Crippen LogP contribution in [0.3, 0.4) is 0 Å². The molecule has 0 aliphatic carbocycles. The van der Waals surface area contributed by atoms with Crippen LogP contribution in [-0.2, 0) is 21.2 Å².